The van der Waals surface area contributed by atoms with Gasteiger partial charge in [0.2, 0.25) is 5.91 Å². The summed E-state index contributed by atoms with van der Waals surface area (Å²) in [5.41, 5.74) is 5.49. The molecular weight excluding hydrogens is 308 g/mol. The molecule has 2 N–H and O–H groups in total. The van der Waals surface area contributed by atoms with Crippen molar-refractivity contribution in [2.24, 2.45) is 11.8 Å². The van der Waals surface area contributed by atoms with Crippen LogP contribution in [0.25, 0.3) is 0 Å². The Morgan fingerprint density at radius 2 is 2.00 bits per heavy atom. The number of amides is 2. The van der Waals surface area contributed by atoms with E-state index in [1.165, 1.54) is 25.7 Å². The van der Waals surface area contributed by atoms with Crippen LogP contribution in [0.1, 0.15) is 32.6 Å². The fourth-order valence-electron chi connectivity index (χ4n) is 4.33. The van der Waals surface area contributed by atoms with Crippen molar-refractivity contribution >= 4 is 11.8 Å². The number of nitrogens with one attached hydrogen (secondary N) is 2. The predicted octanol–water partition coefficient (Wildman–Crippen LogP) is -0.0251. The fraction of sp³-hybridized carbons (Fsp3) is 0.882. The maximum absolute atomic E-state index is 12.6. The SMILES string of the molecule is COC1C(=O)NNCC1N1CCN(CC2CCCCC2C)C(=O)C1. The second-order valence-corrected chi connectivity index (χ2v) is 7.43. The molecule has 3 fully saturated rings. The first-order chi connectivity index (χ1) is 11.6. The van der Waals surface area contributed by atoms with Crippen LogP contribution in [0.5, 0.6) is 0 Å². The van der Waals surface area contributed by atoms with Gasteiger partial charge in [0.15, 0.2) is 6.10 Å². The number of carbonyl (C=O) groups excluding carboxylic acids is 2. The molecule has 0 bridgehead atoms. The first-order valence-corrected chi connectivity index (χ1v) is 9.17. The van der Waals surface area contributed by atoms with E-state index in [2.05, 4.69) is 22.7 Å². The minimum absolute atomic E-state index is 0.0940. The van der Waals surface area contributed by atoms with Crippen molar-refractivity contribution in [1.29, 1.82) is 0 Å². The van der Waals surface area contributed by atoms with E-state index < -0.39 is 6.10 Å². The summed E-state index contributed by atoms with van der Waals surface area (Å²) in [6.45, 7) is 5.73. The van der Waals surface area contributed by atoms with Gasteiger partial charge in [-0.2, -0.15) is 0 Å². The van der Waals surface area contributed by atoms with E-state index in [-0.39, 0.29) is 17.9 Å². The third kappa shape index (κ3) is 3.73. The summed E-state index contributed by atoms with van der Waals surface area (Å²) in [6.07, 6.45) is 4.63. The highest BCUT2D eigenvalue weighted by Gasteiger charge is 2.39. The largest absolute Gasteiger partial charge is 0.370 e. The van der Waals surface area contributed by atoms with Gasteiger partial charge in [-0.1, -0.05) is 26.2 Å². The van der Waals surface area contributed by atoms with Gasteiger partial charge in [-0.15, -0.1) is 0 Å². The van der Waals surface area contributed by atoms with E-state index >= 15 is 0 Å². The summed E-state index contributed by atoms with van der Waals surface area (Å²) >= 11 is 0. The molecule has 0 aromatic heterocycles. The Bertz CT molecular complexity index is 473. The van der Waals surface area contributed by atoms with Crippen molar-refractivity contribution in [3.8, 4) is 0 Å². The van der Waals surface area contributed by atoms with E-state index in [9.17, 15) is 9.59 Å². The number of hydrogen-bond acceptors (Lipinski definition) is 5. The van der Waals surface area contributed by atoms with Crippen molar-refractivity contribution in [2.45, 2.75) is 44.8 Å². The highest BCUT2D eigenvalue weighted by molar-refractivity contribution is 5.82. The van der Waals surface area contributed by atoms with E-state index in [0.29, 0.717) is 24.9 Å². The highest BCUT2D eigenvalue weighted by Crippen LogP contribution is 2.30. The zero-order valence-electron chi connectivity index (χ0n) is 14.8. The molecule has 0 aromatic rings. The topological polar surface area (TPSA) is 73.9 Å². The third-order valence-electron chi connectivity index (χ3n) is 5.95. The highest BCUT2D eigenvalue weighted by atomic mass is 16.5. The molecule has 7 nitrogen and oxygen atoms in total. The minimum atomic E-state index is -0.524. The van der Waals surface area contributed by atoms with Gasteiger partial charge >= 0.3 is 0 Å². The van der Waals surface area contributed by atoms with E-state index in [4.69, 9.17) is 4.74 Å². The van der Waals surface area contributed by atoms with Crippen molar-refractivity contribution in [3.63, 3.8) is 0 Å². The second kappa shape index (κ2) is 7.80. The average molecular weight is 338 g/mol. The van der Waals surface area contributed by atoms with E-state index in [0.717, 1.165) is 19.6 Å². The fourth-order valence-corrected chi connectivity index (χ4v) is 4.33. The standard InChI is InChI=1S/C17H30N4O3/c1-12-5-3-4-6-13(12)10-21-8-7-20(11-15(21)22)14-9-18-19-17(23)16(14)24-2/h12-14,16,18H,3-11H2,1-2H3,(H,19,23). The Morgan fingerprint density at radius 1 is 1.21 bits per heavy atom. The zero-order chi connectivity index (χ0) is 17.1. The van der Waals surface area contributed by atoms with Crippen LogP contribution in [0.4, 0.5) is 0 Å². The molecular formula is C17H30N4O3. The van der Waals surface area contributed by atoms with Crippen LogP contribution < -0.4 is 10.9 Å². The molecule has 0 aromatic carbocycles. The van der Waals surface area contributed by atoms with Crippen molar-refractivity contribution < 1.29 is 14.3 Å². The molecule has 0 spiro atoms. The van der Waals surface area contributed by atoms with Gasteiger partial charge < -0.3 is 9.64 Å². The summed E-state index contributed by atoms with van der Waals surface area (Å²) in [5, 5.41) is 0. The minimum Gasteiger partial charge on any atom is -0.370 e. The Labute approximate surface area is 144 Å². The normalized spacial score (nSPS) is 35.8. The summed E-state index contributed by atoms with van der Waals surface area (Å²) in [7, 11) is 1.55. The van der Waals surface area contributed by atoms with Crippen molar-refractivity contribution in [2.75, 3.05) is 39.8 Å². The number of ether oxygens (including phenoxy) is 1. The predicted molar refractivity (Wildman–Crippen MR) is 90.0 cm³/mol. The zero-order valence-corrected chi connectivity index (χ0v) is 14.8. The Hall–Kier alpha value is -1.18. The molecule has 2 saturated heterocycles. The molecule has 1 aliphatic carbocycles. The third-order valence-corrected chi connectivity index (χ3v) is 5.95. The number of piperazine rings is 1. The Kier molecular flexibility index (Phi) is 5.73. The Balaban J connectivity index is 1.56. The van der Waals surface area contributed by atoms with Gasteiger partial charge in [-0.25, -0.2) is 5.43 Å². The molecule has 4 unspecified atom stereocenters. The van der Waals surface area contributed by atoms with E-state index in [1.807, 2.05) is 4.90 Å². The molecule has 2 heterocycles. The number of hydrogen-bond donors (Lipinski definition) is 2. The van der Waals surface area contributed by atoms with Gasteiger partial charge in [0.1, 0.15) is 0 Å². The number of rotatable bonds is 4. The first-order valence-electron chi connectivity index (χ1n) is 9.17. The van der Waals surface area contributed by atoms with Crippen LogP contribution in [0.2, 0.25) is 0 Å². The van der Waals surface area contributed by atoms with Gasteiger partial charge in [-0.05, 0) is 18.3 Å². The molecule has 136 valence electrons. The van der Waals surface area contributed by atoms with Crippen LogP contribution in [0.15, 0.2) is 0 Å². The molecule has 24 heavy (non-hydrogen) atoms. The molecule has 2 amide bonds. The summed E-state index contributed by atoms with van der Waals surface area (Å²) in [4.78, 5) is 28.6. The first kappa shape index (κ1) is 17.6. The van der Waals surface area contributed by atoms with Crippen LogP contribution in [-0.4, -0.2) is 73.6 Å². The average Bonchev–Trinajstić information content (AvgIpc) is 2.58. The number of carbonyl (C=O) groups is 2. The van der Waals surface area contributed by atoms with Gasteiger partial charge in [0, 0.05) is 33.3 Å². The van der Waals surface area contributed by atoms with Crippen molar-refractivity contribution in [3.05, 3.63) is 0 Å². The monoisotopic (exact) mass is 338 g/mol. The summed E-state index contributed by atoms with van der Waals surface area (Å²) in [5.74, 6) is 1.37. The Morgan fingerprint density at radius 3 is 2.71 bits per heavy atom. The van der Waals surface area contributed by atoms with Crippen LogP contribution in [0, 0.1) is 11.8 Å². The quantitative estimate of drug-likeness (QED) is 0.753. The molecule has 4 atom stereocenters. The molecule has 3 rings (SSSR count). The smallest absolute Gasteiger partial charge is 0.264 e. The van der Waals surface area contributed by atoms with Crippen LogP contribution in [0.3, 0.4) is 0 Å². The maximum Gasteiger partial charge on any atom is 0.264 e. The number of hydrazine groups is 1. The number of methoxy groups -OCH3 is 1. The summed E-state index contributed by atoms with van der Waals surface area (Å²) in [6, 6.07) is -0.0940. The maximum atomic E-state index is 12.6. The second-order valence-electron chi connectivity index (χ2n) is 7.43. The molecule has 2 aliphatic heterocycles. The molecule has 7 heteroatoms. The molecule has 1 saturated carbocycles. The van der Waals surface area contributed by atoms with Crippen molar-refractivity contribution in [1.82, 2.24) is 20.7 Å². The van der Waals surface area contributed by atoms with Crippen LogP contribution in [-0.2, 0) is 14.3 Å². The molecule has 0 radical (unpaired) electrons. The van der Waals surface area contributed by atoms with Gasteiger partial charge in [0.05, 0.1) is 12.6 Å². The van der Waals surface area contributed by atoms with E-state index in [1.54, 1.807) is 7.11 Å². The molecule has 3 aliphatic rings. The van der Waals surface area contributed by atoms with Gasteiger partial charge in [-0.3, -0.25) is 19.9 Å². The lowest BCUT2D eigenvalue weighted by Gasteiger charge is -2.44. The number of nitrogens with zero attached hydrogens (tertiary/aromatic N) is 2. The summed E-state index contributed by atoms with van der Waals surface area (Å²) < 4.78 is 5.35. The lowest BCUT2D eigenvalue weighted by atomic mass is 9.80. The van der Waals surface area contributed by atoms with Gasteiger partial charge in [0.25, 0.3) is 5.91 Å². The lowest BCUT2D eigenvalue weighted by Crippen LogP contribution is -2.67. The lowest BCUT2D eigenvalue weighted by molar-refractivity contribution is -0.148. The van der Waals surface area contributed by atoms with Crippen LogP contribution >= 0.6 is 0 Å².